The first kappa shape index (κ1) is 82.7. The lowest BCUT2D eigenvalue weighted by molar-refractivity contribution is -0.870. The average molecular weight is 1220 g/mol. The van der Waals surface area contributed by atoms with E-state index in [1.807, 2.05) is 33.3 Å². The Balaban J connectivity index is 5.10. The summed E-state index contributed by atoms with van der Waals surface area (Å²) < 4.78 is 30.4. The Kier molecular flexibility index (Phi) is 62.1. The molecule has 0 aromatic rings. The first-order chi connectivity index (χ1) is 41.9. The van der Waals surface area contributed by atoms with Gasteiger partial charge in [0, 0.05) is 12.8 Å². The van der Waals surface area contributed by atoms with Crippen molar-refractivity contribution in [1.29, 1.82) is 0 Å². The van der Waals surface area contributed by atoms with Gasteiger partial charge in [-0.2, -0.15) is 0 Å². The first-order valence-electron chi connectivity index (χ1n) is 35.7. The lowest BCUT2D eigenvalue weighted by Gasteiger charge is -2.30. The normalized spacial score (nSPS) is 14.2. The second-order valence-electron chi connectivity index (χ2n) is 25.0. The molecule has 0 bridgehead atoms. The maximum absolute atomic E-state index is 13.6. The molecule has 10 heteroatoms. The Morgan fingerprint density at radius 3 is 1.15 bits per heavy atom. The predicted molar refractivity (Wildman–Crippen MR) is 371 cm³/mol. The molecule has 0 heterocycles. The van der Waals surface area contributed by atoms with E-state index in [2.05, 4.69) is 123 Å². The minimum absolute atomic E-state index is 0.0333. The van der Waals surface area contributed by atoms with Crippen LogP contribution in [0.1, 0.15) is 310 Å². The van der Waals surface area contributed by atoms with Gasteiger partial charge < -0.3 is 28.5 Å². The molecule has 0 spiro atoms. The van der Waals surface area contributed by atoms with Crippen LogP contribution in [0.25, 0.3) is 0 Å². The average Bonchev–Trinajstić information content (AvgIpc) is 3.69. The molecule has 0 aromatic heterocycles. The van der Waals surface area contributed by atoms with Gasteiger partial charge in [0.15, 0.2) is 0 Å². The molecular weight excluding hydrogens is 1080 g/mol. The number of carbonyl (C=O) groups excluding carboxylic acids is 2. The number of esters is 1. The molecule has 0 aliphatic rings. The first-order valence-corrected chi connectivity index (χ1v) is 37.2. The summed E-state index contributed by atoms with van der Waals surface area (Å²) in [5, 5.41) is 3.03. The molecule has 0 saturated heterocycles. The summed E-state index contributed by atoms with van der Waals surface area (Å²) in [7, 11) is 1.16. The zero-order chi connectivity index (χ0) is 62.8. The molecule has 0 radical (unpaired) electrons. The Labute approximate surface area is 531 Å². The number of hydrogen-bond donors (Lipinski definition) is 1. The molecule has 3 unspecified atom stereocenters. The van der Waals surface area contributed by atoms with Gasteiger partial charge in [0.05, 0.1) is 33.8 Å². The Hall–Kier alpha value is -3.33. The van der Waals surface area contributed by atoms with Crippen LogP contribution < -0.4 is 10.2 Å². The molecule has 9 nitrogen and oxygen atoms in total. The van der Waals surface area contributed by atoms with E-state index in [9.17, 15) is 19.0 Å². The number of quaternary nitrogens is 1. The molecule has 0 fully saturated rings. The minimum Gasteiger partial charge on any atom is -0.756 e. The minimum atomic E-state index is -4.72. The number of nitrogens with one attached hydrogen (secondary N) is 1. The van der Waals surface area contributed by atoms with Gasteiger partial charge in [-0.3, -0.25) is 14.2 Å². The van der Waals surface area contributed by atoms with Crippen LogP contribution in [0.3, 0.4) is 0 Å². The number of hydrogen-bond acceptors (Lipinski definition) is 7. The number of unbranched alkanes of at least 4 members (excludes halogenated alkanes) is 32. The molecule has 0 saturated carbocycles. The summed E-state index contributed by atoms with van der Waals surface area (Å²) in [6.45, 7) is 6.69. The van der Waals surface area contributed by atoms with Crippen molar-refractivity contribution in [2.75, 3.05) is 40.9 Å². The van der Waals surface area contributed by atoms with E-state index < -0.39 is 26.6 Å². The number of rotatable bonds is 64. The van der Waals surface area contributed by atoms with Crippen molar-refractivity contribution in [2.45, 2.75) is 322 Å². The summed E-state index contributed by atoms with van der Waals surface area (Å²) in [4.78, 5) is 40.2. The quantitative estimate of drug-likeness (QED) is 0.0212. The molecule has 0 rings (SSSR count). The zero-order valence-electron chi connectivity index (χ0n) is 56.7. The Bertz CT molecular complexity index is 1840. The Morgan fingerprint density at radius 1 is 0.419 bits per heavy atom. The van der Waals surface area contributed by atoms with Gasteiger partial charge in [-0.05, 0) is 115 Å². The molecule has 0 aliphatic carbocycles. The second-order valence-corrected chi connectivity index (χ2v) is 26.4. The molecule has 86 heavy (non-hydrogen) atoms. The smallest absolute Gasteiger partial charge is 0.306 e. The third kappa shape index (κ3) is 65.1. The van der Waals surface area contributed by atoms with Crippen LogP contribution in [-0.2, 0) is 27.9 Å². The van der Waals surface area contributed by atoms with Crippen molar-refractivity contribution in [2.24, 2.45) is 0 Å². The number of carbonyl (C=O) groups is 2. The SMILES string of the molecule is CC/C=C\C/C=C\C/C=C\C/C=C\C/C=C\C/C=C\CCCCC(=O)OC(/C=C\CCCCCCCCCCCC)C(COP(=O)([O-])OCC[N+](C)(C)C)NC(=O)CCCCCCCCCCCCCCCCCCC/C=C\C/C=C\CCCCC. The van der Waals surface area contributed by atoms with Crippen LogP contribution in [0.2, 0.25) is 0 Å². The van der Waals surface area contributed by atoms with Gasteiger partial charge in [-0.25, -0.2) is 0 Å². The van der Waals surface area contributed by atoms with Gasteiger partial charge in [-0.1, -0.05) is 291 Å². The Morgan fingerprint density at radius 2 is 0.744 bits per heavy atom. The van der Waals surface area contributed by atoms with Crippen LogP contribution in [-0.4, -0.2) is 69.4 Å². The number of likely N-dealkylation sites (N-methyl/N-ethyl adjacent to an activating group) is 1. The van der Waals surface area contributed by atoms with Crippen LogP contribution in [0.15, 0.2) is 109 Å². The fourth-order valence-corrected chi connectivity index (χ4v) is 10.7. The maximum atomic E-state index is 13.6. The van der Waals surface area contributed by atoms with E-state index in [4.69, 9.17) is 13.8 Å². The number of phosphoric ester groups is 1. The highest BCUT2D eigenvalue weighted by molar-refractivity contribution is 7.45. The standard InChI is InChI=1S/C76H135N2O7P/c1-7-10-13-16-19-22-25-28-30-32-34-36-37-38-39-40-41-43-44-46-48-50-53-56-59-62-65-68-75(79)77-73(72-84-86(81,82)83-71-70-78(4,5)6)74(67-64-61-58-55-52-27-24-21-18-15-12-9-3)85-76(80)69-66-63-60-57-54-51-49-47-45-42-35-33-31-29-26-23-20-17-14-11-8-2/h11,14,19-20,22-23,28-31,35,42,47,49,54,57,64,67,73-74H,7-10,12-13,15-18,21,24-27,32-34,36-41,43-46,48,50-53,55-56,58-63,65-66,68-72H2,1-6H3,(H-,77,79,81,82)/b14-11-,22-19-,23-20-,30-28-,31-29-,42-35-,49-47-,57-54-,67-64-. The number of ether oxygens (including phenoxy) is 1. The van der Waals surface area contributed by atoms with Gasteiger partial charge in [-0.15, -0.1) is 0 Å². The maximum Gasteiger partial charge on any atom is 0.306 e. The third-order valence-electron chi connectivity index (χ3n) is 15.4. The summed E-state index contributed by atoms with van der Waals surface area (Å²) in [6.07, 6.45) is 89.4. The summed E-state index contributed by atoms with van der Waals surface area (Å²) in [5.74, 6) is -0.589. The lowest BCUT2D eigenvalue weighted by atomic mass is 10.0. The molecule has 1 amide bonds. The van der Waals surface area contributed by atoms with Crippen LogP contribution >= 0.6 is 7.82 Å². The highest BCUT2D eigenvalue weighted by atomic mass is 31.2. The molecule has 1 N–H and O–H groups in total. The molecule has 0 aromatic carbocycles. The summed E-state index contributed by atoms with van der Waals surface area (Å²) in [5.41, 5.74) is 0. The van der Waals surface area contributed by atoms with E-state index in [1.165, 1.54) is 173 Å². The van der Waals surface area contributed by atoms with Gasteiger partial charge in [0.25, 0.3) is 7.82 Å². The third-order valence-corrected chi connectivity index (χ3v) is 16.4. The van der Waals surface area contributed by atoms with E-state index in [1.54, 1.807) is 0 Å². The van der Waals surface area contributed by atoms with Gasteiger partial charge in [0.1, 0.15) is 19.3 Å². The highest BCUT2D eigenvalue weighted by Crippen LogP contribution is 2.38. The number of allylic oxidation sites excluding steroid dienone is 17. The number of phosphoric acid groups is 1. The van der Waals surface area contributed by atoms with Crippen molar-refractivity contribution in [3.8, 4) is 0 Å². The van der Waals surface area contributed by atoms with E-state index >= 15 is 0 Å². The van der Waals surface area contributed by atoms with Crippen molar-refractivity contribution >= 4 is 19.7 Å². The monoisotopic (exact) mass is 1220 g/mol. The van der Waals surface area contributed by atoms with Gasteiger partial charge >= 0.3 is 5.97 Å². The highest BCUT2D eigenvalue weighted by Gasteiger charge is 2.27. The van der Waals surface area contributed by atoms with Crippen molar-refractivity contribution in [3.05, 3.63) is 109 Å². The molecule has 0 aliphatic heterocycles. The van der Waals surface area contributed by atoms with E-state index in [-0.39, 0.29) is 24.9 Å². The fraction of sp³-hybridized carbons (Fsp3) is 0.737. The van der Waals surface area contributed by atoms with Crippen molar-refractivity contribution in [1.82, 2.24) is 5.32 Å². The van der Waals surface area contributed by atoms with Crippen molar-refractivity contribution < 1.29 is 37.3 Å². The molecule has 496 valence electrons. The van der Waals surface area contributed by atoms with Crippen LogP contribution in [0.5, 0.6) is 0 Å². The van der Waals surface area contributed by atoms with Crippen LogP contribution in [0, 0.1) is 0 Å². The van der Waals surface area contributed by atoms with E-state index in [0.717, 1.165) is 96.3 Å². The van der Waals surface area contributed by atoms with Crippen molar-refractivity contribution in [3.63, 3.8) is 0 Å². The van der Waals surface area contributed by atoms with Gasteiger partial charge in [0.2, 0.25) is 5.91 Å². The lowest BCUT2D eigenvalue weighted by Crippen LogP contribution is -2.47. The number of amides is 1. The molecular formula is C76H135N2O7P. The summed E-state index contributed by atoms with van der Waals surface area (Å²) >= 11 is 0. The second kappa shape index (κ2) is 64.6. The molecule has 3 atom stereocenters. The fourth-order valence-electron chi connectivity index (χ4n) is 9.97. The number of nitrogens with zero attached hydrogens (tertiary/aromatic N) is 1. The largest absolute Gasteiger partial charge is 0.756 e. The summed E-state index contributed by atoms with van der Waals surface area (Å²) in [6, 6.07) is -0.913. The van der Waals surface area contributed by atoms with Crippen LogP contribution in [0.4, 0.5) is 0 Å². The van der Waals surface area contributed by atoms with E-state index in [0.29, 0.717) is 23.9 Å². The predicted octanol–water partition coefficient (Wildman–Crippen LogP) is 22.2. The topological polar surface area (TPSA) is 114 Å². The zero-order valence-corrected chi connectivity index (χ0v) is 57.6.